The Balaban J connectivity index is 1.30. The van der Waals surface area contributed by atoms with Gasteiger partial charge in [-0.25, -0.2) is 4.79 Å². The lowest BCUT2D eigenvalue weighted by Gasteiger charge is -2.25. The first-order valence-corrected chi connectivity index (χ1v) is 12.7. The fraction of sp³-hybridized carbons (Fsp3) is 0.464. The molecular formula is C28H33N3O5. The number of ether oxygens (including phenoxy) is 2. The van der Waals surface area contributed by atoms with E-state index in [1.807, 2.05) is 50.2 Å². The third kappa shape index (κ3) is 4.40. The van der Waals surface area contributed by atoms with E-state index < -0.39 is 23.4 Å². The monoisotopic (exact) mass is 491 g/mol. The second-order valence-electron chi connectivity index (χ2n) is 10.3. The average molecular weight is 492 g/mol. The molecule has 4 amide bonds. The number of aryl methyl sites for hydroxylation is 2. The van der Waals surface area contributed by atoms with Crippen LogP contribution in [0.15, 0.2) is 36.4 Å². The number of imide groups is 1. The number of amides is 4. The van der Waals surface area contributed by atoms with Crippen molar-refractivity contribution in [2.45, 2.75) is 58.0 Å². The molecule has 36 heavy (non-hydrogen) atoms. The molecule has 8 heteroatoms. The van der Waals surface area contributed by atoms with E-state index in [4.69, 9.17) is 9.47 Å². The predicted octanol–water partition coefficient (Wildman–Crippen LogP) is 3.62. The molecule has 2 aromatic carbocycles. The lowest BCUT2D eigenvalue weighted by atomic mass is 9.89. The third-order valence-corrected chi connectivity index (χ3v) is 7.37. The van der Waals surface area contributed by atoms with Crippen LogP contribution in [-0.2, 0) is 28.0 Å². The van der Waals surface area contributed by atoms with Crippen LogP contribution in [0.1, 0.15) is 61.9 Å². The van der Waals surface area contributed by atoms with Crippen LogP contribution in [0.2, 0.25) is 0 Å². The van der Waals surface area contributed by atoms with E-state index in [1.54, 1.807) is 6.92 Å². The molecule has 5 rings (SSSR count). The standard InChI is InChI=1S/C28H33N3O5/c1-17(2)25(20-9-11-22-23(15-20)36-13-5-12-35-22)29-24(32)16-31-26(33)28(3,30-27(31)34)21-10-8-18-6-4-7-19(18)14-21/h8-11,14-15,17,25H,4-7,12-13,16H2,1-3H3,(H,29,32)(H,30,34). The molecule has 190 valence electrons. The SMILES string of the molecule is CC(C)C(NC(=O)CN1C(=O)NC(C)(c2ccc3c(c2)CCC3)C1=O)c1ccc2c(c1)OCCCO2. The van der Waals surface area contributed by atoms with Gasteiger partial charge in [-0.1, -0.05) is 38.1 Å². The van der Waals surface area contributed by atoms with Gasteiger partial charge >= 0.3 is 6.03 Å². The molecule has 0 saturated carbocycles. The second kappa shape index (κ2) is 9.48. The molecule has 1 aliphatic carbocycles. The van der Waals surface area contributed by atoms with Gasteiger partial charge in [-0.15, -0.1) is 0 Å². The lowest BCUT2D eigenvalue weighted by Crippen LogP contribution is -2.44. The quantitative estimate of drug-likeness (QED) is 0.602. The Kier molecular flexibility index (Phi) is 6.36. The molecule has 1 saturated heterocycles. The highest BCUT2D eigenvalue weighted by atomic mass is 16.5. The smallest absolute Gasteiger partial charge is 0.325 e. The molecular weight excluding hydrogens is 458 g/mol. The zero-order chi connectivity index (χ0) is 25.4. The van der Waals surface area contributed by atoms with Gasteiger partial charge in [0.2, 0.25) is 5.91 Å². The van der Waals surface area contributed by atoms with Gasteiger partial charge in [-0.2, -0.15) is 0 Å². The number of carbonyl (C=O) groups is 3. The molecule has 1 fully saturated rings. The van der Waals surface area contributed by atoms with E-state index >= 15 is 0 Å². The summed E-state index contributed by atoms with van der Waals surface area (Å²) >= 11 is 0. The fourth-order valence-corrected chi connectivity index (χ4v) is 5.29. The number of benzene rings is 2. The molecule has 0 spiro atoms. The Morgan fingerprint density at radius 3 is 2.56 bits per heavy atom. The number of nitrogens with one attached hydrogen (secondary N) is 2. The Labute approximate surface area is 211 Å². The summed E-state index contributed by atoms with van der Waals surface area (Å²) in [6, 6.07) is 10.8. The summed E-state index contributed by atoms with van der Waals surface area (Å²) in [5.41, 5.74) is 2.95. The van der Waals surface area contributed by atoms with Gasteiger partial charge in [0.1, 0.15) is 12.1 Å². The molecule has 2 atom stereocenters. The van der Waals surface area contributed by atoms with Gasteiger partial charge in [0, 0.05) is 6.42 Å². The van der Waals surface area contributed by atoms with E-state index in [2.05, 4.69) is 10.6 Å². The van der Waals surface area contributed by atoms with Crippen molar-refractivity contribution in [3.8, 4) is 11.5 Å². The summed E-state index contributed by atoms with van der Waals surface area (Å²) in [6.45, 7) is 6.55. The van der Waals surface area contributed by atoms with Crippen LogP contribution in [-0.4, -0.2) is 42.5 Å². The normalized spacial score (nSPS) is 21.7. The number of hydrogen-bond acceptors (Lipinski definition) is 5. The summed E-state index contributed by atoms with van der Waals surface area (Å²) in [7, 11) is 0. The number of fused-ring (bicyclic) bond motifs is 2. The zero-order valence-corrected chi connectivity index (χ0v) is 21.1. The van der Waals surface area contributed by atoms with E-state index in [-0.39, 0.29) is 18.5 Å². The highest BCUT2D eigenvalue weighted by Crippen LogP contribution is 2.35. The van der Waals surface area contributed by atoms with Crippen LogP contribution in [0.25, 0.3) is 0 Å². The first-order chi connectivity index (χ1) is 17.3. The van der Waals surface area contributed by atoms with Gasteiger partial charge in [-0.05, 0) is 66.5 Å². The molecule has 2 aliphatic heterocycles. The molecule has 0 radical (unpaired) electrons. The zero-order valence-electron chi connectivity index (χ0n) is 21.1. The summed E-state index contributed by atoms with van der Waals surface area (Å²) in [6.07, 6.45) is 3.93. The minimum Gasteiger partial charge on any atom is -0.490 e. The topological polar surface area (TPSA) is 97.0 Å². The molecule has 2 N–H and O–H groups in total. The molecule has 2 unspecified atom stereocenters. The third-order valence-electron chi connectivity index (χ3n) is 7.37. The van der Waals surface area contributed by atoms with Crippen LogP contribution in [0, 0.1) is 5.92 Å². The van der Waals surface area contributed by atoms with Crippen molar-refractivity contribution in [2.75, 3.05) is 19.8 Å². The van der Waals surface area contributed by atoms with Crippen molar-refractivity contribution in [1.82, 2.24) is 15.5 Å². The number of carbonyl (C=O) groups excluding carboxylic acids is 3. The van der Waals surface area contributed by atoms with Gasteiger partial charge in [0.05, 0.1) is 19.3 Å². The summed E-state index contributed by atoms with van der Waals surface area (Å²) < 4.78 is 11.5. The van der Waals surface area contributed by atoms with E-state index in [1.165, 1.54) is 11.1 Å². The van der Waals surface area contributed by atoms with Crippen molar-refractivity contribution in [1.29, 1.82) is 0 Å². The molecule has 2 aromatic rings. The molecule has 0 aromatic heterocycles. The van der Waals surface area contributed by atoms with Crippen molar-refractivity contribution in [2.24, 2.45) is 5.92 Å². The number of rotatable bonds is 6. The van der Waals surface area contributed by atoms with Crippen molar-refractivity contribution in [3.05, 3.63) is 58.7 Å². The Bertz CT molecular complexity index is 1210. The molecule has 0 bridgehead atoms. The van der Waals surface area contributed by atoms with Crippen LogP contribution < -0.4 is 20.1 Å². The van der Waals surface area contributed by atoms with Gasteiger partial charge in [-0.3, -0.25) is 14.5 Å². The highest BCUT2D eigenvalue weighted by Gasteiger charge is 2.49. The number of nitrogens with zero attached hydrogens (tertiary/aromatic N) is 1. The Morgan fingerprint density at radius 1 is 1.03 bits per heavy atom. The predicted molar refractivity (Wildman–Crippen MR) is 134 cm³/mol. The highest BCUT2D eigenvalue weighted by molar-refractivity contribution is 6.09. The van der Waals surface area contributed by atoms with Crippen LogP contribution in [0.4, 0.5) is 4.79 Å². The van der Waals surface area contributed by atoms with E-state index in [0.717, 1.165) is 41.7 Å². The second-order valence-corrected chi connectivity index (χ2v) is 10.3. The van der Waals surface area contributed by atoms with Crippen molar-refractivity contribution >= 4 is 17.8 Å². The van der Waals surface area contributed by atoms with E-state index in [0.29, 0.717) is 24.7 Å². The maximum absolute atomic E-state index is 13.4. The number of urea groups is 1. The largest absolute Gasteiger partial charge is 0.490 e. The fourth-order valence-electron chi connectivity index (χ4n) is 5.29. The minimum absolute atomic E-state index is 0.0680. The maximum Gasteiger partial charge on any atom is 0.325 e. The minimum atomic E-state index is -1.19. The van der Waals surface area contributed by atoms with Crippen molar-refractivity contribution < 1.29 is 23.9 Å². The molecule has 2 heterocycles. The Morgan fingerprint density at radius 2 is 1.78 bits per heavy atom. The van der Waals surface area contributed by atoms with Crippen molar-refractivity contribution in [3.63, 3.8) is 0 Å². The number of hydrogen-bond donors (Lipinski definition) is 2. The summed E-state index contributed by atoms with van der Waals surface area (Å²) in [5, 5.41) is 5.83. The molecule has 3 aliphatic rings. The van der Waals surface area contributed by atoms with Gasteiger partial charge in [0.25, 0.3) is 5.91 Å². The summed E-state index contributed by atoms with van der Waals surface area (Å²) in [5.74, 6) is 0.595. The van der Waals surface area contributed by atoms with Crippen LogP contribution in [0.5, 0.6) is 11.5 Å². The van der Waals surface area contributed by atoms with Gasteiger partial charge < -0.3 is 20.1 Å². The average Bonchev–Trinajstić information content (AvgIpc) is 3.31. The Hall–Kier alpha value is -3.55. The lowest BCUT2D eigenvalue weighted by molar-refractivity contribution is -0.135. The first kappa shape index (κ1) is 24.2. The van der Waals surface area contributed by atoms with Gasteiger partial charge in [0.15, 0.2) is 11.5 Å². The van der Waals surface area contributed by atoms with Crippen LogP contribution >= 0.6 is 0 Å². The molecule has 8 nitrogen and oxygen atoms in total. The maximum atomic E-state index is 13.4. The van der Waals surface area contributed by atoms with Crippen LogP contribution in [0.3, 0.4) is 0 Å². The first-order valence-electron chi connectivity index (χ1n) is 12.7. The van der Waals surface area contributed by atoms with E-state index in [9.17, 15) is 14.4 Å². The summed E-state index contributed by atoms with van der Waals surface area (Å²) in [4.78, 5) is 40.3.